The molecule has 1 N–H and O–H groups in total. The number of nitrogens with zero attached hydrogens (tertiary/aromatic N) is 3. The Morgan fingerprint density at radius 3 is 2.29 bits per heavy atom. The van der Waals surface area contributed by atoms with Crippen LogP contribution in [0.5, 0.6) is 0 Å². The van der Waals surface area contributed by atoms with E-state index < -0.39 is 0 Å². The maximum absolute atomic E-state index is 11.8. The van der Waals surface area contributed by atoms with Crippen molar-refractivity contribution in [1.29, 1.82) is 0 Å². The monoisotopic (exact) mass is 198 g/mol. The van der Waals surface area contributed by atoms with Crippen LogP contribution in [0, 0.1) is 5.92 Å². The predicted molar refractivity (Wildman–Crippen MR) is 56.2 cm³/mol. The van der Waals surface area contributed by atoms with E-state index in [-0.39, 0.29) is 11.5 Å². The first-order valence-electron chi connectivity index (χ1n) is 4.80. The van der Waals surface area contributed by atoms with Gasteiger partial charge in [0.1, 0.15) is 5.69 Å². The molecule has 0 saturated heterocycles. The van der Waals surface area contributed by atoms with Crippen molar-refractivity contribution < 1.29 is 0 Å². The van der Waals surface area contributed by atoms with E-state index in [9.17, 15) is 4.79 Å². The summed E-state index contributed by atoms with van der Waals surface area (Å²) < 4.78 is 0. The summed E-state index contributed by atoms with van der Waals surface area (Å²) in [7, 11) is 3.59. The fourth-order valence-corrected chi connectivity index (χ4v) is 1.19. The van der Waals surface area contributed by atoms with E-state index in [1.165, 1.54) is 4.79 Å². The SMILES string of the molecule is CC(C)C(C)c1n[nH]n(N(C)C)c1=O. The molecule has 1 aromatic rings. The zero-order valence-electron chi connectivity index (χ0n) is 9.40. The van der Waals surface area contributed by atoms with Crippen LogP contribution in [0.2, 0.25) is 0 Å². The number of rotatable bonds is 3. The Morgan fingerprint density at radius 2 is 1.93 bits per heavy atom. The molecule has 1 unspecified atom stereocenters. The molecule has 1 heterocycles. The Kier molecular flexibility index (Phi) is 2.98. The molecule has 14 heavy (non-hydrogen) atoms. The standard InChI is InChI=1S/C9H18N4O/c1-6(2)7(3)8-9(14)13(11-10-8)12(4)5/h6-7,11H,1-5H3. The van der Waals surface area contributed by atoms with E-state index in [2.05, 4.69) is 24.2 Å². The lowest BCUT2D eigenvalue weighted by molar-refractivity contribution is 0.520. The Morgan fingerprint density at radius 1 is 1.36 bits per heavy atom. The molecule has 0 radical (unpaired) electrons. The maximum atomic E-state index is 11.8. The normalized spacial score (nSPS) is 13.3. The second-order valence-electron chi connectivity index (χ2n) is 4.09. The van der Waals surface area contributed by atoms with Crippen molar-refractivity contribution in [3.8, 4) is 0 Å². The highest BCUT2D eigenvalue weighted by molar-refractivity contribution is 5.03. The summed E-state index contributed by atoms with van der Waals surface area (Å²) in [5.41, 5.74) is 0.546. The van der Waals surface area contributed by atoms with Crippen LogP contribution in [0.4, 0.5) is 0 Å². The summed E-state index contributed by atoms with van der Waals surface area (Å²) in [6, 6.07) is 0. The maximum Gasteiger partial charge on any atom is 0.309 e. The van der Waals surface area contributed by atoms with Crippen LogP contribution >= 0.6 is 0 Å². The summed E-state index contributed by atoms with van der Waals surface area (Å²) in [5.74, 6) is 0.599. The molecule has 0 aliphatic carbocycles. The van der Waals surface area contributed by atoms with Gasteiger partial charge in [-0.2, -0.15) is 10.3 Å². The summed E-state index contributed by atoms with van der Waals surface area (Å²) in [4.78, 5) is 13.2. The summed E-state index contributed by atoms with van der Waals surface area (Å²) >= 11 is 0. The summed E-state index contributed by atoms with van der Waals surface area (Å²) in [5, 5.41) is 8.40. The smallest absolute Gasteiger partial charge is 0.300 e. The quantitative estimate of drug-likeness (QED) is 0.770. The van der Waals surface area contributed by atoms with Gasteiger partial charge in [-0.1, -0.05) is 20.8 Å². The van der Waals surface area contributed by atoms with Gasteiger partial charge in [-0.05, 0) is 5.92 Å². The highest BCUT2D eigenvalue weighted by Gasteiger charge is 2.18. The Hall–Kier alpha value is -1.26. The summed E-state index contributed by atoms with van der Waals surface area (Å²) in [6.45, 7) is 6.18. The Bertz CT molecular complexity index is 350. The number of hydrogen-bond acceptors (Lipinski definition) is 3. The van der Waals surface area contributed by atoms with E-state index in [1.807, 2.05) is 6.92 Å². The molecule has 1 rings (SSSR count). The van der Waals surface area contributed by atoms with Gasteiger partial charge in [0.05, 0.1) is 0 Å². The fraction of sp³-hybridized carbons (Fsp3) is 0.778. The average molecular weight is 198 g/mol. The second kappa shape index (κ2) is 3.86. The molecule has 80 valence electrons. The van der Waals surface area contributed by atoms with Crippen LogP contribution in [-0.2, 0) is 0 Å². The Balaban J connectivity index is 3.07. The van der Waals surface area contributed by atoms with E-state index in [1.54, 1.807) is 19.1 Å². The molecule has 1 aromatic heterocycles. The molecule has 0 saturated carbocycles. The molecule has 0 aliphatic heterocycles. The molecule has 0 aromatic carbocycles. The Labute approximate surface area is 83.7 Å². The zero-order chi connectivity index (χ0) is 10.9. The van der Waals surface area contributed by atoms with E-state index >= 15 is 0 Å². The van der Waals surface area contributed by atoms with Gasteiger partial charge >= 0.3 is 5.56 Å². The molecule has 0 spiro atoms. The van der Waals surface area contributed by atoms with Crippen LogP contribution in [-0.4, -0.2) is 29.2 Å². The number of hydrogen-bond donors (Lipinski definition) is 1. The van der Waals surface area contributed by atoms with Gasteiger partial charge in [0, 0.05) is 20.0 Å². The van der Waals surface area contributed by atoms with Gasteiger partial charge in [-0.3, -0.25) is 9.80 Å². The minimum Gasteiger partial charge on any atom is -0.300 e. The highest BCUT2D eigenvalue weighted by atomic mass is 16.2. The third kappa shape index (κ3) is 1.81. The van der Waals surface area contributed by atoms with Gasteiger partial charge < -0.3 is 0 Å². The third-order valence-corrected chi connectivity index (χ3v) is 2.51. The molecule has 5 nitrogen and oxygen atoms in total. The lowest BCUT2D eigenvalue weighted by Crippen LogP contribution is -2.36. The van der Waals surface area contributed by atoms with Gasteiger partial charge in [-0.15, -0.1) is 4.79 Å². The van der Waals surface area contributed by atoms with Crippen molar-refractivity contribution in [2.24, 2.45) is 5.92 Å². The van der Waals surface area contributed by atoms with Crippen molar-refractivity contribution in [1.82, 2.24) is 15.1 Å². The zero-order valence-corrected chi connectivity index (χ0v) is 9.40. The van der Waals surface area contributed by atoms with Gasteiger partial charge in [0.15, 0.2) is 0 Å². The molecule has 0 aliphatic rings. The first-order valence-corrected chi connectivity index (χ1v) is 4.80. The molecule has 0 fully saturated rings. The second-order valence-corrected chi connectivity index (χ2v) is 4.09. The van der Waals surface area contributed by atoms with Crippen molar-refractivity contribution in [2.75, 3.05) is 19.1 Å². The number of aromatic nitrogens is 3. The van der Waals surface area contributed by atoms with Crippen molar-refractivity contribution in [3.63, 3.8) is 0 Å². The lowest BCUT2D eigenvalue weighted by Gasteiger charge is -2.12. The average Bonchev–Trinajstić information content (AvgIpc) is 2.45. The number of nitrogens with one attached hydrogen (secondary N) is 1. The highest BCUT2D eigenvalue weighted by Crippen LogP contribution is 2.17. The van der Waals surface area contributed by atoms with Crippen LogP contribution < -0.4 is 10.6 Å². The van der Waals surface area contributed by atoms with Gasteiger partial charge in [0.25, 0.3) is 0 Å². The van der Waals surface area contributed by atoms with Crippen molar-refractivity contribution >= 4 is 0 Å². The van der Waals surface area contributed by atoms with E-state index in [0.29, 0.717) is 11.6 Å². The molecular weight excluding hydrogens is 180 g/mol. The first kappa shape index (κ1) is 10.8. The molecule has 5 heteroatoms. The molecule has 0 amide bonds. The molecule has 1 atom stereocenters. The first-order chi connectivity index (χ1) is 6.45. The van der Waals surface area contributed by atoms with Crippen LogP contribution in [0.3, 0.4) is 0 Å². The van der Waals surface area contributed by atoms with Crippen molar-refractivity contribution in [2.45, 2.75) is 26.7 Å². The minimum atomic E-state index is -0.0591. The van der Waals surface area contributed by atoms with Crippen LogP contribution in [0.1, 0.15) is 32.4 Å². The lowest BCUT2D eigenvalue weighted by atomic mass is 9.95. The van der Waals surface area contributed by atoms with Crippen molar-refractivity contribution in [3.05, 3.63) is 16.0 Å². The fourth-order valence-electron chi connectivity index (χ4n) is 1.19. The van der Waals surface area contributed by atoms with Gasteiger partial charge in [0.2, 0.25) is 0 Å². The number of H-pyrrole nitrogens is 1. The topological polar surface area (TPSA) is 53.9 Å². The minimum absolute atomic E-state index is 0.0591. The van der Waals surface area contributed by atoms with Crippen LogP contribution in [0.15, 0.2) is 4.79 Å². The third-order valence-electron chi connectivity index (χ3n) is 2.51. The molecule has 0 bridgehead atoms. The van der Waals surface area contributed by atoms with E-state index in [4.69, 9.17) is 0 Å². The van der Waals surface area contributed by atoms with Gasteiger partial charge in [-0.25, -0.2) is 0 Å². The molecular formula is C9H18N4O. The predicted octanol–water partition coefficient (Wildman–Crippen LogP) is 0.528. The largest absolute Gasteiger partial charge is 0.309 e. The number of aromatic amines is 1. The van der Waals surface area contributed by atoms with E-state index in [0.717, 1.165) is 0 Å². The van der Waals surface area contributed by atoms with Crippen LogP contribution in [0.25, 0.3) is 0 Å². The summed E-state index contributed by atoms with van der Waals surface area (Å²) in [6.07, 6.45) is 0.